The fraction of sp³-hybridized carbons (Fsp3) is 0. The molecule has 4 heteroatoms. The number of furan rings is 1. The topological polar surface area (TPSA) is 33.4 Å². The van der Waals surface area contributed by atoms with E-state index in [1.54, 1.807) is 6.07 Å². The van der Waals surface area contributed by atoms with Crippen LogP contribution in [0.25, 0.3) is 11.0 Å². The van der Waals surface area contributed by atoms with E-state index in [0.29, 0.717) is 14.7 Å². The van der Waals surface area contributed by atoms with Crippen LogP contribution in [0, 0.1) is 9.58 Å². The predicted octanol–water partition coefficient (Wildman–Crippen LogP) is 2.88. The molecule has 0 unspecified atom stereocenters. The lowest BCUT2D eigenvalue weighted by molar-refractivity contribution is 0.432. The van der Waals surface area contributed by atoms with Gasteiger partial charge in [0.2, 0.25) is 0 Å². The molecule has 0 saturated heterocycles. The van der Waals surface area contributed by atoms with Crippen molar-refractivity contribution in [1.82, 2.24) is 0 Å². The molecule has 2 rings (SSSR count). The summed E-state index contributed by atoms with van der Waals surface area (Å²) in [6.07, 6.45) is 0. The molecular weight excluding hydrogens is 274 g/mol. The Bertz CT molecular complexity index is 397. The van der Waals surface area contributed by atoms with Gasteiger partial charge in [0.05, 0.1) is 0 Å². The quantitative estimate of drug-likeness (QED) is 0.752. The molecule has 0 spiro atoms. The SMILES string of the molecule is Oc1cc2cc(I)oc2cc1F. The lowest BCUT2D eigenvalue weighted by Crippen LogP contribution is -1.73. The van der Waals surface area contributed by atoms with Gasteiger partial charge in [-0.1, -0.05) is 0 Å². The summed E-state index contributed by atoms with van der Waals surface area (Å²) in [5, 5.41) is 9.71. The summed E-state index contributed by atoms with van der Waals surface area (Å²) in [5.74, 6) is -1.01. The molecular formula is C8H4FIO2. The van der Waals surface area contributed by atoms with Crippen LogP contribution in [0.2, 0.25) is 0 Å². The summed E-state index contributed by atoms with van der Waals surface area (Å²) < 4.78 is 18.6. The standard InChI is InChI=1S/C8H4FIO2/c9-5-3-7-4(1-6(5)11)2-8(10)12-7/h1-3,11H. The number of hydrogen-bond donors (Lipinski definition) is 1. The first-order valence-corrected chi connectivity index (χ1v) is 4.32. The summed E-state index contributed by atoms with van der Waals surface area (Å²) in [6.45, 7) is 0. The highest BCUT2D eigenvalue weighted by Gasteiger charge is 2.06. The Balaban J connectivity index is 2.83. The number of phenols is 1. The van der Waals surface area contributed by atoms with Gasteiger partial charge in [0.25, 0.3) is 0 Å². The highest BCUT2D eigenvalue weighted by atomic mass is 127. The maximum absolute atomic E-state index is 12.7. The molecule has 1 aromatic heterocycles. The van der Waals surface area contributed by atoms with Crippen molar-refractivity contribution in [2.24, 2.45) is 0 Å². The van der Waals surface area contributed by atoms with Crippen molar-refractivity contribution in [2.45, 2.75) is 0 Å². The Morgan fingerprint density at radius 1 is 1.33 bits per heavy atom. The van der Waals surface area contributed by atoms with Gasteiger partial charge < -0.3 is 9.52 Å². The normalized spacial score (nSPS) is 10.8. The number of benzene rings is 1. The number of fused-ring (bicyclic) bond motifs is 1. The lowest BCUT2D eigenvalue weighted by Gasteiger charge is -1.92. The Hall–Kier alpha value is -0.780. The van der Waals surface area contributed by atoms with Crippen molar-refractivity contribution in [2.75, 3.05) is 0 Å². The van der Waals surface area contributed by atoms with E-state index in [4.69, 9.17) is 9.52 Å². The minimum absolute atomic E-state index is 0.347. The second-order valence-corrected chi connectivity index (χ2v) is 3.46. The summed E-state index contributed by atoms with van der Waals surface area (Å²) in [7, 11) is 0. The van der Waals surface area contributed by atoms with Gasteiger partial charge in [0.15, 0.2) is 15.3 Å². The van der Waals surface area contributed by atoms with Crippen LogP contribution in [-0.4, -0.2) is 5.11 Å². The number of phenolic OH excluding ortho intramolecular Hbond substituents is 1. The van der Waals surface area contributed by atoms with Crippen molar-refractivity contribution in [3.05, 3.63) is 27.8 Å². The number of halogens is 2. The summed E-state index contributed by atoms with van der Waals surface area (Å²) >= 11 is 1.99. The second kappa shape index (κ2) is 2.62. The molecule has 0 amide bonds. The largest absolute Gasteiger partial charge is 0.505 e. The van der Waals surface area contributed by atoms with Gasteiger partial charge >= 0.3 is 0 Å². The summed E-state index contributed by atoms with van der Waals surface area (Å²) in [5.41, 5.74) is 0.453. The van der Waals surface area contributed by atoms with Gasteiger partial charge in [0, 0.05) is 11.5 Å². The van der Waals surface area contributed by atoms with Crippen LogP contribution in [0.1, 0.15) is 0 Å². The van der Waals surface area contributed by atoms with Gasteiger partial charge in [-0.25, -0.2) is 4.39 Å². The highest BCUT2D eigenvalue weighted by molar-refractivity contribution is 14.1. The smallest absolute Gasteiger partial charge is 0.168 e. The average molecular weight is 278 g/mol. The first kappa shape index (κ1) is 7.85. The molecule has 2 aromatic rings. The third-order valence-corrected chi connectivity index (χ3v) is 2.09. The van der Waals surface area contributed by atoms with Crippen molar-refractivity contribution < 1.29 is 13.9 Å². The van der Waals surface area contributed by atoms with Crippen LogP contribution < -0.4 is 0 Å². The number of aromatic hydroxyl groups is 1. The van der Waals surface area contributed by atoms with E-state index in [-0.39, 0.29) is 5.75 Å². The van der Waals surface area contributed by atoms with Crippen LogP contribution in [0.5, 0.6) is 5.75 Å². The maximum atomic E-state index is 12.7. The molecule has 0 bridgehead atoms. The number of hydrogen-bond acceptors (Lipinski definition) is 2. The van der Waals surface area contributed by atoms with E-state index in [1.807, 2.05) is 22.6 Å². The molecule has 0 aliphatic carbocycles. The third-order valence-electron chi connectivity index (χ3n) is 1.56. The minimum Gasteiger partial charge on any atom is -0.505 e. The van der Waals surface area contributed by atoms with Crippen molar-refractivity contribution in [3.8, 4) is 5.75 Å². The molecule has 0 radical (unpaired) electrons. The van der Waals surface area contributed by atoms with Crippen LogP contribution in [-0.2, 0) is 0 Å². The molecule has 62 valence electrons. The van der Waals surface area contributed by atoms with Gasteiger partial charge in [-0.2, -0.15) is 0 Å². The second-order valence-electron chi connectivity index (χ2n) is 2.39. The minimum atomic E-state index is -0.659. The number of rotatable bonds is 0. The molecule has 12 heavy (non-hydrogen) atoms. The molecule has 0 fully saturated rings. The molecule has 2 nitrogen and oxygen atoms in total. The van der Waals surface area contributed by atoms with Gasteiger partial charge in [-0.05, 0) is 34.7 Å². The predicted molar refractivity (Wildman–Crippen MR) is 50.6 cm³/mol. The van der Waals surface area contributed by atoms with Gasteiger partial charge in [-0.15, -0.1) is 0 Å². The maximum Gasteiger partial charge on any atom is 0.168 e. The molecule has 1 N–H and O–H groups in total. The zero-order valence-corrected chi connectivity index (χ0v) is 8.00. The van der Waals surface area contributed by atoms with Crippen molar-refractivity contribution >= 4 is 33.6 Å². The molecule has 0 atom stereocenters. The Morgan fingerprint density at radius 2 is 2.08 bits per heavy atom. The molecule has 1 aromatic carbocycles. The summed E-state index contributed by atoms with van der Waals surface area (Å²) in [4.78, 5) is 0. The van der Waals surface area contributed by atoms with E-state index < -0.39 is 5.82 Å². The first-order valence-electron chi connectivity index (χ1n) is 3.24. The zero-order valence-electron chi connectivity index (χ0n) is 5.84. The van der Waals surface area contributed by atoms with Crippen molar-refractivity contribution in [3.63, 3.8) is 0 Å². The van der Waals surface area contributed by atoms with Crippen LogP contribution >= 0.6 is 22.6 Å². The van der Waals surface area contributed by atoms with Crippen LogP contribution in [0.4, 0.5) is 4.39 Å². The molecule has 0 aliphatic heterocycles. The molecule has 0 saturated carbocycles. The van der Waals surface area contributed by atoms with E-state index in [2.05, 4.69) is 0 Å². The average Bonchev–Trinajstić information content (AvgIpc) is 2.30. The van der Waals surface area contributed by atoms with Gasteiger partial charge in [-0.3, -0.25) is 0 Å². The fourth-order valence-electron chi connectivity index (χ4n) is 1.02. The summed E-state index contributed by atoms with van der Waals surface area (Å²) in [6, 6.07) is 4.25. The lowest BCUT2D eigenvalue weighted by atomic mass is 10.2. The zero-order chi connectivity index (χ0) is 8.72. The molecule has 0 aliphatic rings. The van der Waals surface area contributed by atoms with E-state index >= 15 is 0 Å². The van der Waals surface area contributed by atoms with E-state index in [9.17, 15) is 4.39 Å². The third kappa shape index (κ3) is 1.16. The Labute approximate surface area is 81.1 Å². The highest BCUT2D eigenvalue weighted by Crippen LogP contribution is 2.26. The van der Waals surface area contributed by atoms with Crippen molar-refractivity contribution in [1.29, 1.82) is 0 Å². The fourth-order valence-corrected chi connectivity index (χ4v) is 1.59. The Morgan fingerprint density at radius 3 is 2.83 bits per heavy atom. The van der Waals surface area contributed by atoms with E-state index in [1.165, 1.54) is 12.1 Å². The van der Waals surface area contributed by atoms with Crippen LogP contribution in [0.3, 0.4) is 0 Å². The first-order chi connectivity index (χ1) is 5.66. The van der Waals surface area contributed by atoms with Crippen LogP contribution in [0.15, 0.2) is 22.6 Å². The van der Waals surface area contributed by atoms with Gasteiger partial charge in [0.1, 0.15) is 5.58 Å². The Kier molecular flexibility index (Phi) is 1.71. The monoisotopic (exact) mass is 278 g/mol. The molecule has 1 heterocycles. The van der Waals surface area contributed by atoms with E-state index in [0.717, 1.165) is 0 Å².